The summed E-state index contributed by atoms with van der Waals surface area (Å²) in [4.78, 5) is 0. The highest BCUT2D eigenvalue weighted by Gasteiger charge is 2.24. The van der Waals surface area contributed by atoms with Crippen LogP contribution in [0.25, 0.3) is 0 Å². The van der Waals surface area contributed by atoms with Crippen LogP contribution in [0.2, 0.25) is 0 Å². The summed E-state index contributed by atoms with van der Waals surface area (Å²) in [6.45, 7) is 11.5. The van der Waals surface area contributed by atoms with Gasteiger partial charge in [0.05, 0.1) is 0 Å². The van der Waals surface area contributed by atoms with E-state index in [1.807, 2.05) is 0 Å². The molecule has 0 amide bonds. The van der Waals surface area contributed by atoms with Gasteiger partial charge in [0.1, 0.15) is 0 Å². The van der Waals surface area contributed by atoms with E-state index in [9.17, 15) is 0 Å². The maximum absolute atomic E-state index is 3.82. The molecule has 0 spiro atoms. The van der Waals surface area contributed by atoms with Gasteiger partial charge in [0.2, 0.25) is 0 Å². The highest BCUT2D eigenvalue weighted by atomic mass is 14.9. The predicted molar refractivity (Wildman–Crippen MR) is 89.7 cm³/mol. The molecule has 0 heterocycles. The molecule has 1 heteroatoms. The van der Waals surface area contributed by atoms with Gasteiger partial charge in [0.15, 0.2) is 0 Å². The third kappa shape index (κ3) is 3.56. The summed E-state index contributed by atoms with van der Waals surface area (Å²) in [6, 6.07) is 7.70. The number of hydrogen-bond donors (Lipinski definition) is 1. The Morgan fingerprint density at radius 2 is 1.85 bits per heavy atom. The Bertz CT molecular complexity index is 433. The van der Waals surface area contributed by atoms with Crippen LogP contribution in [0.1, 0.15) is 83.3 Å². The molecular formula is C19H31N. The number of benzene rings is 1. The van der Waals surface area contributed by atoms with Crippen molar-refractivity contribution >= 4 is 5.69 Å². The maximum Gasteiger partial charge on any atom is 0.0377 e. The fraction of sp³-hybridized carbons (Fsp3) is 0.684. The van der Waals surface area contributed by atoms with Crippen LogP contribution >= 0.6 is 0 Å². The standard InChI is InChI=1S/C19H31N/c1-6-15-7-9-17(11-15)20-19-10-8-16(13(2)3)12-18(19)14(4)5/h8,10,12-15,17,20H,6-7,9,11H2,1-5H3. The Kier molecular flexibility index (Phi) is 5.12. The number of hydrogen-bond acceptors (Lipinski definition) is 1. The minimum Gasteiger partial charge on any atom is -0.382 e. The van der Waals surface area contributed by atoms with Gasteiger partial charge in [-0.25, -0.2) is 0 Å². The fourth-order valence-electron chi connectivity index (χ4n) is 3.35. The Morgan fingerprint density at radius 3 is 2.40 bits per heavy atom. The molecule has 2 atom stereocenters. The zero-order chi connectivity index (χ0) is 14.7. The molecule has 1 aromatic carbocycles. The normalized spacial score (nSPS) is 22.8. The Labute approximate surface area is 125 Å². The molecule has 112 valence electrons. The highest BCUT2D eigenvalue weighted by molar-refractivity contribution is 5.55. The number of rotatable bonds is 5. The van der Waals surface area contributed by atoms with Crippen molar-refractivity contribution in [2.24, 2.45) is 5.92 Å². The number of anilines is 1. The van der Waals surface area contributed by atoms with E-state index < -0.39 is 0 Å². The topological polar surface area (TPSA) is 12.0 Å². The molecule has 1 nitrogen and oxygen atoms in total. The van der Waals surface area contributed by atoms with Crippen molar-refractivity contribution in [3.63, 3.8) is 0 Å². The second-order valence-electron chi connectivity index (χ2n) is 7.08. The summed E-state index contributed by atoms with van der Waals surface area (Å²) in [5.41, 5.74) is 4.31. The van der Waals surface area contributed by atoms with Crippen LogP contribution in [0.5, 0.6) is 0 Å². The third-order valence-electron chi connectivity index (χ3n) is 4.84. The van der Waals surface area contributed by atoms with Gasteiger partial charge in [-0.1, -0.05) is 53.2 Å². The largest absolute Gasteiger partial charge is 0.382 e. The molecule has 2 rings (SSSR count). The molecule has 1 saturated carbocycles. The minimum atomic E-state index is 0.583. The lowest BCUT2D eigenvalue weighted by Crippen LogP contribution is -2.17. The molecular weight excluding hydrogens is 242 g/mol. The molecule has 1 N–H and O–H groups in total. The molecule has 1 aliphatic carbocycles. The molecule has 20 heavy (non-hydrogen) atoms. The zero-order valence-corrected chi connectivity index (χ0v) is 13.9. The molecule has 1 aromatic rings. The number of nitrogens with one attached hydrogen (secondary N) is 1. The van der Waals surface area contributed by atoms with Crippen LogP contribution in [-0.2, 0) is 0 Å². The molecule has 0 radical (unpaired) electrons. The third-order valence-corrected chi connectivity index (χ3v) is 4.84. The fourth-order valence-corrected chi connectivity index (χ4v) is 3.35. The first-order chi connectivity index (χ1) is 9.51. The van der Waals surface area contributed by atoms with Crippen molar-refractivity contribution in [3.05, 3.63) is 29.3 Å². The lowest BCUT2D eigenvalue weighted by molar-refractivity contribution is 0.525. The molecule has 0 saturated heterocycles. The average molecular weight is 273 g/mol. The van der Waals surface area contributed by atoms with Crippen LogP contribution in [0.3, 0.4) is 0 Å². The van der Waals surface area contributed by atoms with Gasteiger partial charge < -0.3 is 5.32 Å². The summed E-state index contributed by atoms with van der Waals surface area (Å²) >= 11 is 0. The SMILES string of the molecule is CCC1CCC(Nc2ccc(C(C)C)cc2C(C)C)C1. The quantitative estimate of drug-likeness (QED) is 0.701. The molecule has 0 bridgehead atoms. The van der Waals surface area contributed by atoms with Crippen molar-refractivity contribution in [1.82, 2.24) is 0 Å². The van der Waals surface area contributed by atoms with Crippen molar-refractivity contribution in [2.45, 2.75) is 78.2 Å². The van der Waals surface area contributed by atoms with E-state index >= 15 is 0 Å². The highest BCUT2D eigenvalue weighted by Crippen LogP contribution is 2.33. The van der Waals surface area contributed by atoms with Gasteiger partial charge in [-0.05, 0) is 54.2 Å². The van der Waals surface area contributed by atoms with Crippen LogP contribution in [-0.4, -0.2) is 6.04 Å². The monoisotopic (exact) mass is 273 g/mol. The first-order valence-corrected chi connectivity index (χ1v) is 8.41. The predicted octanol–water partition coefficient (Wildman–Crippen LogP) is 5.92. The van der Waals surface area contributed by atoms with Crippen LogP contribution in [0.4, 0.5) is 5.69 Å². The van der Waals surface area contributed by atoms with Crippen LogP contribution in [0.15, 0.2) is 18.2 Å². The average Bonchev–Trinajstić information content (AvgIpc) is 2.86. The van der Waals surface area contributed by atoms with E-state index in [-0.39, 0.29) is 0 Å². The van der Waals surface area contributed by atoms with Gasteiger partial charge in [-0.3, -0.25) is 0 Å². The molecule has 0 aliphatic heterocycles. The smallest absolute Gasteiger partial charge is 0.0377 e. The lowest BCUT2D eigenvalue weighted by Gasteiger charge is -2.21. The Morgan fingerprint density at radius 1 is 1.10 bits per heavy atom. The van der Waals surface area contributed by atoms with Gasteiger partial charge in [-0.15, -0.1) is 0 Å². The van der Waals surface area contributed by atoms with Gasteiger partial charge >= 0.3 is 0 Å². The summed E-state index contributed by atoms with van der Waals surface area (Å²) in [7, 11) is 0. The minimum absolute atomic E-state index is 0.583. The molecule has 2 unspecified atom stereocenters. The van der Waals surface area contributed by atoms with Crippen molar-refractivity contribution in [3.8, 4) is 0 Å². The van der Waals surface area contributed by atoms with Gasteiger partial charge in [-0.2, -0.15) is 0 Å². The molecule has 1 fully saturated rings. The first kappa shape index (κ1) is 15.4. The van der Waals surface area contributed by atoms with E-state index in [0.29, 0.717) is 17.9 Å². The van der Waals surface area contributed by atoms with E-state index in [4.69, 9.17) is 0 Å². The van der Waals surface area contributed by atoms with E-state index in [1.54, 1.807) is 0 Å². The second-order valence-corrected chi connectivity index (χ2v) is 7.08. The van der Waals surface area contributed by atoms with Crippen molar-refractivity contribution in [1.29, 1.82) is 0 Å². The first-order valence-electron chi connectivity index (χ1n) is 8.41. The second kappa shape index (κ2) is 6.65. The Balaban J connectivity index is 2.15. The summed E-state index contributed by atoms with van der Waals surface area (Å²) in [6.07, 6.45) is 5.42. The van der Waals surface area contributed by atoms with E-state index in [1.165, 1.54) is 42.5 Å². The van der Waals surface area contributed by atoms with Gasteiger partial charge in [0.25, 0.3) is 0 Å². The Hall–Kier alpha value is -0.980. The lowest BCUT2D eigenvalue weighted by atomic mass is 9.94. The van der Waals surface area contributed by atoms with Crippen molar-refractivity contribution < 1.29 is 0 Å². The van der Waals surface area contributed by atoms with E-state index in [2.05, 4.69) is 58.1 Å². The van der Waals surface area contributed by atoms with E-state index in [0.717, 1.165) is 5.92 Å². The summed E-state index contributed by atoms with van der Waals surface area (Å²) in [5.74, 6) is 2.13. The van der Waals surface area contributed by atoms with Gasteiger partial charge in [0, 0.05) is 11.7 Å². The zero-order valence-electron chi connectivity index (χ0n) is 13.9. The summed E-state index contributed by atoms with van der Waals surface area (Å²) < 4.78 is 0. The van der Waals surface area contributed by atoms with Crippen LogP contribution in [0, 0.1) is 5.92 Å². The van der Waals surface area contributed by atoms with Crippen molar-refractivity contribution in [2.75, 3.05) is 5.32 Å². The molecule has 1 aliphatic rings. The maximum atomic E-state index is 3.82. The molecule has 0 aromatic heterocycles. The van der Waals surface area contributed by atoms with Crippen LogP contribution < -0.4 is 5.32 Å². The summed E-state index contributed by atoms with van der Waals surface area (Å²) in [5, 5.41) is 3.82.